The van der Waals surface area contributed by atoms with Crippen molar-refractivity contribution in [2.75, 3.05) is 19.1 Å². The number of methoxy groups -OCH3 is 2. The number of amides is 1. The Morgan fingerprint density at radius 1 is 1.10 bits per heavy atom. The van der Waals surface area contributed by atoms with Crippen LogP contribution in [0.1, 0.15) is 10.4 Å². The van der Waals surface area contributed by atoms with Crippen LogP contribution in [0.15, 0.2) is 48.8 Å². The highest BCUT2D eigenvalue weighted by Crippen LogP contribution is 2.40. The number of carbonyl (C=O) groups excluding carboxylic acids is 1. The summed E-state index contributed by atoms with van der Waals surface area (Å²) in [6, 6.07) is 11.1. The summed E-state index contributed by atoms with van der Waals surface area (Å²) in [6.45, 7) is 0.357. The first kappa shape index (κ1) is 20.6. The fourth-order valence-electron chi connectivity index (χ4n) is 3.02. The Balaban J connectivity index is 1.75. The molecule has 0 aliphatic heterocycles. The van der Waals surface area contributed by atoms with Crippen molar-refractivity contribution in [3.05, 3.63) is 63.6 Å². The van der Waals surface area contributed by atoms with Crippen LogP contribution < -0.4 is 14.4 Å². The predicted octanol–water partition coefficient (Wildman–Crippen LogP) is 5.20. The SMILES string of the molecule is COc1ccc(OC)c2sc(N(Cc3cccnc3)C(=O)Cc3ccc(Cl)s3)nc12. The Bertz CT molecular complexity index is 1140. The number of aromatic nitrogens is 2. The molecule has 0 N–H and O–H groups in total. The summed E-state index contributed by atoms with van der Waals surface area (Å²) < 4.78 is 12.4. The van der Waals surface area contributed by atoms with Crippen molar-refractivity contribution in [1.29, 1.82) is 0 Å². The molecule has 0 unspecified atom stereocenters. The van der Waals surface area contributed by atoms with Gasteiger partial charge in [-0.05, 0) is 35.9 Å². The molecule has 0 saturated heterocycles. The fourth-order valence-corrected chi connectivity index (χ4v) is 5.19. The van der Waals surface area contributed by atoms with Crippen LogP contribution in [0, 0.1) is 0 Å². The van der Waals surface area contributed by atoms with Gasteiger partial charge in [0.15, 0.2) is 5.13 Å². The third kappa shape index (κ3) is 4.26. The molecule has 0 saturated carbocycles. The topological polar surface area (TPSA) is 64.6 Å². The predicted molar refractivity (Wildman–Crippen MR) is 121 cm³/mol. The van der Waals surface area contributed by atoms with Crippen LogP contribution in [-0.2, 0) is 17.8 Å². The van der Waals surface area contributed by atoms with Crippen LogP contribution in [0.4, 0.5) is 5.13 Å². The Morgan fingerprint density at radius 3 is 2.57 bits per heavy atom. The average Bonchev–Trinajstić information content (AvgIpc) is 3.38. The third-order valence-electron chi connectivity index (χ3n) is 4.45. The second-order valence-corrected chi connectivity index (χ2v) is 9.15. The number of fused-ring (bicyclic) bond motifs is 1. The molecule has 0 spiro atoms. The normalized spacial score (nSPS) is 10.9. The molecule has 0 radical (unpaired) electrons. The van der Waals surface area contributed by atoms with E-state index in [-0.39, 0.29) is 12.3 Å². The lowest BCUT2D eigenvalue weighted by Crippen LogP contribution is -2.31. The summed E-state index contributed by atoms with van der Waals surface area (Å²) in [5.74, 6) is 1.25. The molecule has 0 fully saturated rings. The van der Waals surface area contributed by atoms with E-state index in [4.69, 9.17) is 26.1 Å². The van der Waals surface area contributed by atoms with Crippen LogP contribution in [-0.4, -0.2) is 30.1 Å². The Kier molecular flexibility index (Phi) is 6.17. The van der Waals surface area contributed by atoms with Crippen LogP contribution in [0.3, 0.4) is 0 Å². The van der Waals surface area contributed by atoms with Gasteiger partial charge in [0, 0.05) is 17.3 Å². The van der Waals surface area contributed by atoms with Gasteiger partial charge in [-0.15, -0.1) is 11.3 Å². The highest BCUT2D eigenvalue weighted by molar-refractivity contribution is 7.22. The lowest BCUT2D eigenvalue weighted by atomic mass is 10.2. The molecule has 1 amide bonds. The smallest absolute Gasteiger partial charge is 0.234 e. The van der Waals surface area contributed by atoms with Gasteiger partial charge in [0.25, 0.3) is 0 Å². The van der Waals surface area contributed by atoms with Crippen molar-refractivity contribution in [2.24, 2.45) is 0 Å². The Hall–Kier alpha value is -2.68. The zero-order valence-electron chi connectivity index (χ0n) is 16.3. The minimum atomic E-state index is -0.0747. The molecule has 154 valence electrons. The summed E-state index contributed by atoms with van der Waals surface area (Å²) in [5, 5.41) is 0.573. The first-order chi connectivity index (χ1) is 14.6. The minimum Gasteiger partial charge on any atom is -0.495 e. The molecule has 4 rings (SSSR count). The van der Waals surface area contributed by atoms with E-state index in [0.29, 0.717) is 33.0 Å². The lowest BCUT2D eigenvalue weighted by molar-refractivity contribution is -0.118. The first-order valence-corrected chi connectivity index (χ1v) is 11.0. The van der Waals surface area contributed by atoms with Crippen molar-refractivity contribution in [3.8, 4) is 11.5 Å². The Morgan fingerprint density at radius 2 is 1.90 bits per heavy atom. The number of hydrogen-bond acceptors (Lipinski definition) is 7. The molecule has 0 atom stereocenters. The quantitative estimate of drug-likeness (QED) is 0.380. The van der Waals surface area contributed by atoms with E-state index in [1.165, 1.54) is 22.7 Å². The maximum atomic E-state index is 13.3. The van der Waals surface area contributed by atoms with Crippen molar-refractivity contribution < 1.29 is 14.3 Å². The molecule has 6 nitrogen and oxygen atoms in total. The first-order valence-electron chi connectivity index (χ1n) is 9.04. The number of anilines is 1. The zero-order valence-corrected chi connectivity index (χ0v) is 18.7. The summed E-state index contributed by atoms with van der Waals surface area (Å²) in [5.41, 5.74) is 1.58. The fraction of sp³-hybridized carbons (Fsp3) is 0.190. The van der Waals surface area contributed by atoms with E-state index in [1.54, 1.807) is 37.6 Å². The second kappa shape index (κ2) is 8.99. The molecule has 3 aromatic heterocycles. The van der Waals surface area contributed by atoms with Crippen molar-refractivity contribution in [1.82, 2.24) is 9.97 Å². The van der Waals surface area contributed by atoms with Gasteiger partial charge < -0.3 is 9.47 Å². The maximum absolute atomic E-state index is 13.3. The van der Waals surface area contributed by atoms with Crippen LogP contribution in [0.25, 0.3) is 10.2 Å². The molecule has 1 aromatic carbocycles. The monoisotopic (exact) mass is 459 g/mol. The van der Waals surface area contributed by atoms with Gasteiger partial charge in [-0.2, -0.15) is 0 Å². The van der Waals surface area contributed by atoms with E-state index in [1.807, 2.05) is 30.3 Å². The maximum Gasteiger partial charge on any atom is 0.234 e. The highest BCUT2D eigenvalue weighted by atomic mass is 35.5. The molecule has 3 heterocycles. The van der Waals surface area contributed by atoms with Crippen molar-refractivity contribution >= 4 is 55.5 Å². The van der Waals surface area contributed by atoms with Gasteiger partial charge in [-0.1, -0.05) is 29.0 Å². The second-order valence-electron chi connectivity index (χ2n) is 6.37. The van der Waals surface area contributed by atoms with Crippen LogP contribution in [0.2, 0.25) is 4.34 Å². The van der Waals surface area contributed by atoms with Gasteiger partial charge in [0.2, 0.25) is 5.91 Å². The van der Waals surface area contributed by atoms with Gasteiger partial charge in [0.1, 0.15) is 21.7 Å². The standard InChI is InChI=1S/C21H18ClN3O3S2/c1-27-15-6-7-16(28-2)20-19(15)24-21(30-20)25(12-13-4-3-9-23-11-13)18(26)10-14-5-8-17(22)29-14/h3-9,11H,10,12H2,1-2H3. The van der Waals surface area contributed by atoms with E-state index in [2.05, 4.69) is 4.98 Å². The van der Waals surface area contributed by atoms with Crippen molar-refractivity contribution in [2.45, 2.75) is 13.0 Å². The molecule has 0 aliphatic rings. The molecule has 9 heteroatoms. The zero-order chi connectivity index (χ0) is 21.1. The van der Waals surface area contributed by atoms with Gasteiger partial charge in [0.05, 0.1) is 31.5 Å². The molecule has 30 heavy (non-hydrogen) atoms. The van der Waals surface area contributed by atoms with Gasteiger partial charge in [-0.25, -0.2) is 4.98 Å². The van der Waals surface area contributed by atoms with Crippen LogP contribution in [0.5, 0.6) is 11.5 Å². The molecule has 4 aromatic rings. The third-order valence-corrected chi connectivity index (χ3v) is 6.77. The van der Waals surface area contributed by atoms with E-state index >= 15 is 0 Å². The molecular weight excluding hydrogens is 442 g/mol. The number of nitrogens with zero attached hydrogens (tertiary/aromatic N) is 3. The summed E-state index contributed by atoms with van der Waals surface area (Å²) in [6.07, 6.45) is 3.69. The average molecular weight is 460 g/mol. The summed E-state index contributed by atoms with van der Waals surface area (Å²) in [4.78, 5) is 24.8. The number of carbonyl (C=O) groups is 1. The number of halogens is 1. The van der Waals surface area contributed by atoms with E-state index in [9.17, 15) is 4.79 Å². The van der Waals surface area contributed by atoms with Gasteiger partial charge >= 0.3 is 0 Å². The van der Waals surface area contributed by atoms with Gasteiger partial charge in [-0.3, -0.25) is 14.7 Å². The Labute approximate surface area is 186 Å². The number of ether oxygens (including phenoxy) is 2. The minimum absolute atomic E-state index is 0.0747. The van der Waals surface area contributed by atoms with Crippen LogP contribution >= 0.6 is 34.3 Å². The molecule has 0 aliphatic carbocycles. The summed E-state index contributed by atoms with van der Waals surface area (Å²) in [7, 11) is 3.21. The van der Waals surface area contributed by atoms with E-state index < -0.39 is 0 Å². The number of thiazole rings is 1. The number of rotatable bonds is 7. The van der Waals surface area contributed by atoms with E-state index in [0.717, 1.165) is 15.1 Å². The number of benzene rings is 1. The summed E-state index contributed by atoms with van der Waals surface area (Å²) >= 11 is 8.83. The number of pyridine rings is 1. The largest absolute Gasteiger partial charge is 0.495 e. The number of thiophene rings is 1. The van der Waals surface area contributed by atoms with Crippen molar-refractivity contribution in [3.63, 3.8) is 0 Å². The molecule has 0 bridgehead atoms. The number of hydrogen-bond donors (Lipinski definition) is 0. The highest BCUT2D eigenvalue weighted by Gasteiger charge is 2.23. The lowest BCUT2D eigenvalue weighted by Gasteiger charge is -2.19. The molecular formula is C21H18ClN3O3S2.